The molecule has 0 aromatic heterocycles. The molecule has 0 aliphatic rings. The smallest absolute Gasteiger partial charge is 0.0819 e. The highest BCUT2D eigenvalue weighted by molar-refractivity contribution is 4.68. The highest BCUT2D eigenvalue weighted by Crippen LogP contribution is 2.09. The molecule has 90 valence electrons. The summed E-state index contributed by atoms with van der Waals surface area (Å²) in [4.78, 5) is 0. The average molecular weight is 276 g/mol. The van der Waals surface area contributed by atoms with E-state index in [9.17, 15) is 0 Å². The molecule has 0 aromatic rings. The lowest BCUT2D eigenvalue weighted by molar-refractivity contribution is -0.909. The topological polar surface area (TPSA) is 0 Å². The van der Waals surface area contributed by atoms with E-state index < -0.39 is 0 Å². The third-order valence-corrected chi connectivity index (χ3v) is 2.80. The minimum atomic E-state index is 0. The third-order valence-electron chi connectivity index (χ3n) is 2.80. The highest BCUT2D eigenvalue weighted by Gasteiger charge is 2.18. The number of halogens is 1. The van der Waals surface area contributed by atoms with Gasteiger partial charge in [0.1, 0.15) is 0 Å². The van der Waals surface area contributed by atoms with Gasteiger partial charge in [-0.15, -0.1) is 13.2 Å². The van der Waals surface area contributed by atoms with Crippen LogP contribution in [-0.4, -0.2) is 31.2 Å². The molecule has 0 N–H and O–H groups in total. The van der Waals surface area contributed by atoms with E-state index in [1.807, 2.05) is 12.2 Å². The molecule has 0 aliphatic heterocycles. The minimum absolute atomic E-state index is 0. The van der Waals surface area contributed by atoms with E-state index in [0.717, 1.165) is 12.8 Å². The van der Waals surface area contributed by atoms with Gasteiger partial charge in [-0.25, -0.2) is 0 Å². The lowest BCUT2D eigenvalue weighted by Crippen LogP contribution is -3.00. The predicted octanol–water partition coefficient (Wildman–Crippen LogP) is 0.389. The summed E-state index contributed by atoms with van der Waals surface area (Å²) in [6, 6.07) is 0. The molecule has 0 radical (unpaired) electrons. The molecule has 2 heteroatoms. The Morgan fingerprint density at radius 3 is 1.80 bits per heavy atom. The van der Waals surface area contributed by atoms with Crippen LogP contribution in [-0.2, 0) is 0 Å². The van der Waals surface area contributed by atoms with Crippen molar-refractivity contribution >= 4 is 0 Å². The Hall–Kier alpha value is -0.0800. The molecule has 0 aromatic carbocycles. The number of quaternary nitrogens is 1. The Bertz CT molecular complexity index is 154. The van der Waals surface area contributed by atoms with Crippen LogP contribution in [0.4, 0.5) is 0 Å². The maximum atomic E-state index is 3.79. The summed E-state index contributed by atoms with van der Waals surface area (Å²) in [6.45, 7) is 13.6. The number of rotatable bonds is 9. The van der Waals surface area contributed by atoms with Gasteiger partial charge in [-0.3, -0.25) is 0 Å². The van der Waals surface area contributed by atoms with Crippen LogP contribution in [0.1, 0.15) is 32.6 Å². The van der Waals surface area contributed by atoms with Crippen molar-refractivity contribution in [1.29, 1.82) is 0 Å². The molecule has 0 aliphatic carbocycles. The summed E-state index contributed by atoms with van der Waals surface area (Å²) >= 11 is 0. The second-order valence-corrected chi connectivity index (χ2v) is 4.30. The lowest BCUT2D eigenvalue weighted by Gasteiger charge is -2.34. The fourth-order valence-corrected chi connectivity index (χ4v) is 1.68. The molecule has 0 amide bonds. The molecule has 0 rings (SSSR count). The van der Waals surface area contributed by atoms with Gasteiger partial charge in [-0.05, 0) is 6.42 Å². The maximum absolute atomic E-state index is 3.79. The minimum Gasteiger partial charge on any atom is -1.00 e. The van der Waals surface area contributed by atoms with E-state index in [2.05, 4.69) is 27.1 Å². The Morgan fingerprint density at radius 2 is 1.47 bits per heavy atom. The van der Waals surface area contributed by atoms with Crippen LogP contribution in [0, 0.1) is 0 Å². The largest absolute Gasteiger partial charge is 1.00 e. The molecule has 1 nitrogen and oxygen atoms in total. The van der Waals surface area contributed by atoms with Gasteiger partial charge in [0.05, 0.1) is 26.7 Å². The summed E-state index contributed by atoms with van der Waals surface area (Å²) < 4.78 is 1.17. The van der Waals surface area contributed by atoms with Gasteiger partial charge in [0.25, 0.3) is 0 Å². The van der Waals surface area contributed by atoms with Crippen LogP contribution < -0.4 is 17.0 Å². The fraction of sp³-hybridized carbons (Fsp3) is 0.692. The SMILES string of the molecule is C=CCC[N+](C)(CCC=C)CCCC.[Br-]. The molecule has 0 fully saturated rings. The zero-order valence-corrected chi connectivity index (χ0v) is 11.9. The molecular formula is C13H26BrN. The third kappa shape index (κ3) is 8.88. The van der Waals surface area contributed by atoms with Crippen LogP contribution >= 0.6 is 0 Å². The van der Waals surface area contributed by atoms with Crippen LogP contribution in [0.5, 0.6) is 0 Å². The van der Waals surface area contributed by atoms with Gasteiger partial charge in [0, 0.05) is 12.8 Å². The lowest BCUT2D eigenvalue weighted by atomic mass is 10.2. The van der Waals surface area contributed by atoms with Crippen molar-refractivity contribution in [3.8, 4) is 0 Å². The van der Waals surface area contributed by atoms with E-state index in [1.54, 1.807) is 0 Å². The predicted molar refractivity (Wildman–Crippen MR) is 65.3 cm³/mol. The highest BCUT2D eigenvalue weighted by atomic mass is 79.9. The fourth-order valence-electron chi connectivity index (χ4n) is 1.68. The molecule has 15 heavy (non-hydrogen) atoms. The van der Waals surface area contributed by atoms with Crippen molar-refractivity contribution in [2.75, 3.05) is 26.7 Å². The summed E-state index contributed by atoms with van der Waals surface area (Å²) in [5.41, 5.74) is 0. The standard InChI is InChI=1S/C13H26N.BrH/c1-5-8-11-14(4,12-9-6-2)13-10-7-3;/h5-6H,1-2,7-13H2,3-4H3;1H/q+1;/p-1. The van der Waals surface area contributed by atoms with Crippen molar-refractivity contribution in [2.24, 2.45) is 0 Å². The molecular weight excluding hydrogens is 250 g/mol. The van der Waals surface area contributed by atoms with Gasteiger partial charge in [-0.1, -0.05) is 25.5 Å². The molecule has 0 spiro atoms. The monoisotopic (exact) mass is 275 g/mol. The van der Waals surface area contributed by atoms with Gasteiger partial charge in [0.2, 0.25) is 0 Å². The number of nitrogens with zero attached hydrogens (tertiary/aromatic N) is 1. The molecule has 0 saturated carbocycles. The Morgan fingerprint density at radius 1 is 1.00 bits per heavy atom. The first-order chi connectivity index (χ1) is 6.68. The molecule has 0 unspecified atom stereocenters. The van der Waals surface area contributed by atoms with E-state index >= 15 is 0 Å². The first-order valence-corrected chi connectivity index (χ1v) is 5.74. The molecule has 0 heterocycles. The zero-order valence-electron chi connectivity index (χ0n) is 10.3. The van der Waals surface area contributed by atoms with Crippen LogP contribution in [0.2, 0.25) is 0 Å². The molecule has 0 saturated heterocycles. The van der Waals surface area contributed by atoms with Gasteiger partial charge >= 0.3 is 0 Å². The van der Waals surface area contributed by atoms with E-state index in [0.29, 0.717) is 0 Å². The second-order valence-electron chi connectivity index (χ2n) is 4.30. The first-order valence-electron chi connectivity index (χ1n) is 5.74. The van der Waals surface area contributed by atoms with Crippen LogP contribution in [0.15, 0.2) is 25.3 Å². The van der Waals surface area contributed by atoms with Gasteiger partial charge < -0.3 is 21.5 Å². The Balaban J connectivity index is 0. The maximum Gasteiger partial charge on any atom is 0.0819 e. The van der Waals surface area contributed by atoms with Crippen LogP contribution in [0.25, 0.3) is 0 Å². The van der Waals surface area contributed by atoms with Crippen molar-refractivity contribution in [3.63, 3.8) is 0 Å². The van der Waals surface area contributed by atoms with Crippen molar-refractivity contribution in [1.82, 2.24) is 0 Å². The first kappa shape index (κ1) is 17.3. The number of hydrogen-bond acceptors (Lipinski definition) is 0. The molecule has 0 atom stereocenters. The van der Waals surface area contributed by atoms with E-state index in [-0.39, 0.29) is 17.0 Å². The van der Waals surface area contributed by atoms with E-state index in [4.69, 9.17) is 0 Å². The van der Waals surface area contributed by atoms with E-state index in [1.165, 1.54) is 37.0 Å². The average Bonchev–Trinajstić information content (AvgIpc) is 2.21. The van der Waals surface area contributed by atoms with Crippen molar-refractivity contribution in [3.05, 3.63) is 25.3 Å². The summed E-state index contributed by atoms with van der Waals surface area (Å²) in [5, 5.41) is 0. The van der Waals surface area contributed by atoms with Crippen LogP contribution in [0.3, 0.4) is 0 Å². The second kappa shape index (κ2) is 10.4. The number of hydrogen-bond donors (Lipinski definition) is 0. The summed E-state index contributed by atoms with van der Waals surface area (Å²) in [5.74, 6) is 0. The van der Waals surface area contributed by atoms with Crippen molar-refractivity contribution < 1.29 is 21.5 Å². The normalized spacial score (nSPS) is 10.5. The zero-order chi connectivity index (χ0) is 10.9. The molecule has 0 bridgehead atoms. The van der Waals surface area contributed by atoms with Gasteiger partial charge in [-0.2, -0.15) is 0 Å². The Kier molecular flexibility index (Phi) is 12.1. The quantitative estimate of drug-likeness (QED) is 0.422. The summed E-state index contributed by atoms with van der Waals surface area (Å²) in [7, 11) is 2.35. The van der Waals surface area contributed by atoms with Crippen molar-refractivity contribution in [2.45, 2.75) is 32.6 Å². The van der Waals surface area contributed by atoms with Gasteiger partial charge in [0.15, 0.2) is 0 Å². The number of unbranched alkanes of at least 4 members (excludes halogenated alkanes) is 1. The Labute approximate surface area is 106 Å². The summed E-state index contributed by atoms with van der Waals surface area (Å²) in [6.07, 6.45) is 8.90.